The monoisotopic (exact) mass is 466 g/mol. The second-order valence-corrected chi connectivity index (χ2v) is 9.62. The third kappa shape index (κ3) is 9.65. The van der Waals surface area contributed by atoms with E-state index in [-0.39, 0.29) is 24.4 Å². The van der Waals surface area contributed by atoms with Crippen molar-refractivity contribution < 1.29 is 9.59 Å². The van der Waals surface area contributed by atoms with Crippen LogP contribution in [0.5, 0.6) is 0 Å². The highest BCUT2D eigenvalue weighted by Crippen LogP contribution is 2.19. The maximum atomic E-state index is 13.0. The molecule has 186 valence electrons. The third-order valence-electron chi connectivity index (χ3n) is 5.73. The summed E-state index contributed by atoms with van der Waals surface area (Å²) in [7, 11) is 0. The summed E-state index contributed by atoms with van der Waals surface area (Å²) in [4.78, 5) is 25.9. The normalized spacial score (nSPS) is 13.0. The summed E-state index contributed by atoms with van der Waals surface area (Å²) >= 11 is 0. The van der Waals surface area contributed by atoms with Gasteiger partial charge in [0.05, 0.1) is 6.04 Å². The second kappa shape index (κ2) is 14.5. The van der Waals surface area contributed by atoms with Crippen molar-refractivity contribution in [3.05, 3.63) is 60.2 Å². The van der Waals surface area contributed by atoms with Gasteiger partial charge in [0.1, 0.15) is 6.04 Å². The Morgan fingerprint density at radius 1 is 0.824 bits per heavy atom. The lowest BCUT2D eigenvalue weighted by molar-refractivity contribution is -0.130. The molecule has 0 aliphatic carbocycles. The van der Waals surface area contributed by atoms with Crippen LogP contribution in [0.25, 0.3) is 11.1 Å². The van der Waals surface area contributed by atoms with Crippen molar-refractivity contribution in [2.75, 3.05) is 13.1 Å². The Bertz CT molecular complexity index is 866. The first-order chi connectivity index (χ1) is 16.3. The minimum atomic E-state index is -0.664. The smallest absolute Gasteiger partial charge is 0.242 e. The third-order valence-corrected chi connectivity index (χ3v) is 5.73. The number of unbranched alkanes of at least 4 members (excludes halogenated alkanes) is 1. The first-order valence-corrected chi connectivity index (χ1v) is 12.5. The van der Waals surface area contributed by atoms with E-state index in [1.165, 1.54) is 0 Å². The molecule has 0 heterocycles. The van der Waals surface area contributed by atoms with Gasteiger partial charge >= 0.3 is 0 Å². The SMILES string of the molecule is CC(C)CCCCNC(=O)[C@@H](Cc1ccc(-c2ccccc2)cc1)NC(=O)[C@@H](CN)NC(C)C. The van der Waals surface area contributed by atoms with Gasteiger partial charge in [-0.3, -0.25) is 9.59 Å². The Hall–Kier alpha value is -2.70. The van der Waals surface area contributed by atoms with Crippen LogP contribution in [-0.4, -0.2) is 43.0 Å². The molecule has 2 aromatic carbocycles. The fourth-order valence-corrected chi connectivity index (χ4v) is 3.85. The molecule has 6 heteroatoms. The van der Waals surface area contributed by atoms with Gasteiger partial charge in [-0.1, -0.05) is 95.1 Å². The largest absolute Gasteiger partial charge is 0.354 e. The molecule has 6 nitrogen and oxygen atoms in total. The number of benzene rings is 2. The zero-order chi connectivity index (χ0) is 24.9. The molecule has 0 radical (unpaired) electrons. The Balaban J connectivity index is 2.07. The zero-order valence-corrected chi connectivity index (χ0v) is 21.1. The fourth-order valence-electron chi connectivity index (χ4n) is 3.85. The molecule has 2 rings (SSSR count). The van der Waals surface area contributed by atoms with E-state index in [9.17, 15) is 9.59 Å². The number of amides is 2. The molecular weight excluding hydrogens is 424 g/mol. The predicted molar refractivity (Wildman–Crippen MR) is 140 cm³/mol. The minimum absolute atomic E-state index is 0.109. The highest BCUT2D eigenvalue weighted by molar-refractivity contribution is 5.90. The maximum absolute atomic E-state index is 13.0. The molecule has 0 aliphatic rings. The van der Waals surface area contributed by atoms with Crippen LogP contribution >= 0.6 is 0 Å². The quantitative estimate of drug-likeness (QED) is 0.320. The standard InChI is InChI=1S/C28H42N4O2/c1-20(2)10-8-9-17-30-27(33)25(32-28(34)26(19-29)31-21(3)4)18-22-13-15-24(16-14-22)23-11-6-5-7-12-23/h5-7,11-16,20-21,25-26,31H,8-10,17-19,29H2,1-4H3,(H,30,33)(H,32,34)/t25-,26-/m1/s1. The van der Waals surface area contributed by atoms with E-state index >= 15 is 0 Å². The first-order valence-electron chi connectivity index (χ1n) is 12.5. The zero-order valence-electron chi connectivity index (χ0n) is 21.1. The average Bonchev–Trinajstić information content (AvgIpc) is 2.82. The van der Waals surface area contributed by atoms with Crippen molar-refractivity contribution in [3.63, 3.8) is 0 Å². The summed E-state index contributed by atoms with van der Waals surface area (Å²) in [6.07, 6.45) is 3.56. The Kier molecular flexibility index (Phi) is 11.8. The predicted octanol–water partition coefficient (Wildman–Crippen LogP) is 3.65. The van der Waals surface area contributed by atoms with Crippen LogP contribution in [0.2, 0.25) is 0 Å². The van der Waals surface area contributed by atoms with Crippen molar-refractivity contribution in [2.45, 2.75) is 71.5 Å². The van der Waals surface area contributed by atoms with Crippen molar-refractivity contribution in [1.82, 2.24) is 16.0 Å². The van der Waals surface area contributed by atoms with Gasteiger partial charge in [-0.2, -0.15) is 0 Å². The van der Waals surface area contributed by atoms with E-state index in [0.29, 0.717) is 18.9 Å². The van der Waals surface area contributed by atoms with E-state index in [4.69, 9.17) is 5.73 Å². The van der Waals surface area contributed by atoms with Gasteiger partial charge in [0.25, 0.3) is 0 Å². The van der Waals surface area contributed by atoms with Crippen molar-refractivity contribution in [2.24, 2.45) is 11.7 Å². The molecule has 0 spiro atoms. The average molecular weight is 467 g/mol. The summed E-state index contributed by atoms with van der Waals surface area (Å²) in [5, 5.41) is 9.11. The Labute approximate surface area is 205 Å². The molecule has 2 atom stereocenters. The molecule has 2 aromatic rings. The number of rotatable bonds is 14. The van der Waals surface area contributed by atoms with E-state index < -0.39 is 12.1 Å². The van der Waals surface area contributed by atoms with Crippen LogP contribution < -0.4 is 21.7 Å². The summed E-state index contributed by atoms with van der Waals surface area (Å²) in [5.41, 5.74) is 9.06. The molecule has 0 fully saturated rings. The molecule has 34 heavy (non-hydrogen) atoms. The lowest BCUT2D eigenvalue weighted by Gasteiger charge is -2.24. The molecule has 5 N–H and O–H groups in total. The molecule has 0 aromatic heterocycles. The van der Waals surface area contributed by atoms with Gasteiger partial charge in [0.2, 0.25) is 11.8 Å². The molecule has 0 aliphatic heterocycles. The van der Waals surface area contributed by atoms with Gasteiger partial charge in [0, 0.05) is 25.6 Å². The Morgan fingerprint density at radius 3 is 2.06 bits per heavy atom. The van der Waals surface area contributed by atoms with Gasteiger partial charge in [-0.25, -0.2) is 0 Å². The van der Waals surface area contributed by atoms with E-state index in [1.54, 1.807) is 0 Å². The lowest BCUT2D eigenvalue weighted by Crippen LogP contribution is -2.56. The molecule has 0 bridgehead atoms. The summed E-state index contributed by atoms with van der Waals surface area (Å²) in [6.45, 7) is 9.10. The van der Waals surface area contributed by atoms with Crippen molar-refractivity contribution >= 4 is 11.8 Å². The van der Waals surface area contributed by atoms with Crippen LogP contribution in [-0.2, 0) is 16.0 Å². The minimum Gasteiger partial charge on any atom is -0.354 e. The topological polar surface area (TPSA) is 96.2 Å². The molecule has 0 saturated heterocycles. The van der Waals surface area contributed by atoms with E-state index in [1.807, 2.05) is 44.2 Å². The highest BCUT2D eigenvalue weighted by Gasteiger charge is 2.25. The number of carbonyl (C=O) groups is 2. The Morgan fingerprint density at radius 2 is 1.47 bits per heavy atom. The number of carbonyl (C=O) groups excluding carboxylic acids is 2. The van der Waals surface area contributed by atoms with Gasteiger partial charge in [-0.05, 0) is 29.0 Å². The molecule has 0 saturated carbocycles. The van der Waals surface area contributed by atoms with Gasteiger partial charge in [0.15, 0.2) is 0 Å². The maximum Gasteiger partial charge on any atom is 0.242 e. The molecule has 0 unspecified atom stereocenters. The van der Waals surface area contributed by atoms with Crippen molar-refractivity contribution in [1.29, 1.82) is 0 Å². The summed E-state index contributed by atoms with van der Waals surface area (Å²) in [5.74, 6) is 0.241. The van der Waals surface area contributed by atoms with Gasteiger partial charge < -0.3 is 21.7 Å². The lowest BCUT2D eigenvalue weighted by atomic mass is 10.00. The number of hydrogen-bond donors (Lipinski definition) is 4. The molecular formula is C28H42N4O2. The molecule has 2 amide bonds. The first kappa shape index (κ1) is 27.5. The van der Waals surface area contributed by atoms with Crippen LogP contribution in [0.3, 0.4) is 0 Å². The number of nitrogens with two attached hydrogens (primary N) is 1. The van der Waals surface area contributed by atoms with Crippen LogP contribution in [0.4, 0.5) is 0 Å². The van der Waals surface area contributed by atoms with E-state index in [2.05, 4.69) is 54.1 Å². The second-order valence-electron chi connectivity index (χ2n) is 9.62. The summed E-state index contributed by atoms with van der Waals surface area (Å²) in [6, 6.07) is 17.2. The highest BCUT2D eigenvalue weighted by atomic mass is 16.2. The van der Waals surface area contributed by atoms with Crippen LogP contribution in [0.15, 0.2) is 54.6 Å². The van der Waals surface area contributed by atoms with E-state index in [0.717, 1.165) is 36.0 Å². The number of hydrogen-bond acceptors (Lipinski definition) is 4. The number of nitrogens with one attached hydrogen (secondary N) is 3. The van der Waals surface area contributed by atoms with Gasteiger partial charge in [-0.15, -0.1) is 0 Å². The summed E-state index contributed by atoms with van der Waals surface area (Å²) < 4.78 is 0. The van der Waals surface area contributed by atoms with Crippen LogP contribution in [0, 0.1) is 5.92 Å². The van der Waals surface area contributed by atoms with Crippen molar-refractivity contribution in [3.8, 4) is 11.1 Å². The fraction of sp³-hybridized carbons (Fsp3) is 0.500. The van der Waals surface area contributed by atoms with Crippen LogP contribution in [0.1, 0.15) is 52.5 Å².